The molecule has 0 aromatic heterocycles. The van der Waals surface area contributed by atoms with Crippen molar-refractivity contribution in [3.05, 3.63) is 34.9 Å². The third-order valence-electron chi connectivity index (χ3n) is 5.72. The van der Waals surface area contributed by atoms with E-state index in [2.05, 4.69) is 66.1 Å². The fraction of sp³-hybridized carbons (Fsp3) is 0.667. The van der Waals surface area contributed by atoms with Gasteiger partial charge in [-0.1, -0.05) is 23.8 Å². The van der Waals surface area contributed by atoms with Crippen LogP contribution < -0.4 is 5.32 Å². The van der Waals surface area contributed by atoms with Crippen LogP contribution in [0.4, 0.5) is 0 Å². The van der Waals surface area contributed by atoms with Crippen molar-refractivity contribution in [3.8, 4) is 0 Å². The zero-order chi connectivity index (χ0) is 18.7. The lowest BCUT2D eigenvalue weighted by Crippen LogP contribution is -2.51. The highest BCUT2D eigenvalue weighted by Crippen LogP contribution is 2.27. The van der Waals surface area contributed by atoms with Crippen LogP contribution in [0, 0.1) is 13.8 Å². The highest BCUT2D eigenvalue weighted by molar-refractivity contribution is 14.0. The molecular formula is C21H35IN4O. The molecule has 0 radical (unpaired) electrons. The van der Waals surface area contributed by atoms with E-state index in [1.807, 2.05) is 7.05 Å². The Balaban J connectivity index is 0.00000261. The fourth-order valence-corrected chi connectivity index (χ4v) is 3.77. The summed E-state index contributed by atoms with van der Waals surface area (Å²) in [6.45, 7) is 9.98. The van der Waals surface area contributed by atoms with Gasteiger partial charge in [0.2, 0.25) is 0 Å². The average molecular weight is 486 g/mol. The molecule has 1 heterocycles. The molecule has 0 spiro atoms. The minimum atomic E-state index is 0. The third-order valence-corrected chi connectivity index (χ3v) is 5.72. The molecule has 3 rings (SSSR count). The van der Waals surface area contributed by atoms with Crippen LogP contribution in [-0.4, -0.2) is 68.2 Å². The van der Waals surface area contributed by atoms with Gasteiger partial charge < -0.3 is 15.0 Å². The number of morpholine rings is 1. The Kier molecular flexibility index (Phi) is 8.37. The van der Waals surface area contributed by atoms with Crippen LogP contribution in [0.1, 0.15) is 42.6 Å². The topological polar surface area (TPSA) is 40.1 Å². The fourth-order valence-electron chi connectivity index (χ4n) is 3.77. The van der Waals surface area contributed by atoms with Crippen LogP contribution in [-0.2, 0) is 4.74 Å². The SMILES string of the molecule is CN=C(NCC(C)N(C)C1CC1)N1CCOC(c2ccc(C)cc2C)C1.I. The Bertz CT molecular complexity index is 647. The minimum absolute atomic E-state index is 0. The Morgan fingerprint density at radius 3 is 2.74 bits per heavy atom. The number of guanidine groups is 1. The molecule has 27 heavy (non-hydrogen) atoms. The van der Waals surface area contributed by atoms with E-state index < -0.39 is 0 Å². The second kappa shape index (κ2) is 10.1. The van der Waals surface area contributed by atoms with Crippen molar-refractivity contribution >= 4 is 29.9 Å². The predicted octanol–water partition coefficient (Wildman–Crippen LogP) is 3.35. The summed E-state index contributed by atoms with van der Waals surface area (Å²) in [6, 6.07) is 7.91. The number of halogens is 1. The second-order valence-corrected chi connectivity index (χ2v) is 7.84. The molecule has 1 aliphatic carbocycles. The van der Waals surface area contributed by atoms with E-state index >= 15 is 0 Å². The summed E-state index contributed by atoms with van der Waals surface area (Å²) in [5.74, 6) is 0.985. The first-order chi connectivity index (χ1) is 12.5. The number of nitrogens with one attached hydrogen (secondary N) is 1. The molecule has 1 N–H and O–H groups in total. The summed E-state index contributed by atoms with van der Waals surface area (Å²) in [5.41, 5.74) is 3.89. The number of nitrogens with zero attached hydrogens (tertiary/aromatic N) is 3. The van der Waals surface area contributed by atoms with Crippen LogP contribution in [0.25, 0.3) is 0 Å². The van der Waals surface area contributed by atoms with Gasteiger partial charge in [-0.3, -0.25) is 9.89 Å². The van der Waals surface area contributed by atoms with Crippen molar-refractivity contribution in [1.29, 1.82) is 0 Å². The first kappa shape index (κ1) is 22.4. The molecule has 1 saturated heterocycles. The van der Waals surface area contributed by atoms with Crippen molar-refractivity contribution < 1.29 is 4.74 Å². The zero-order valence-corrected chi connectivity index (χ0v) is 19.7. The lowest BCUT2D eigenvalue weighted by Gasteiger charge is -2.36. The molecule has 1 saturated carbocycles. The van der Waals surface area contributed by atoms with E-state index in [4.69, 9.17) is 4.74 Å². The van der Waals surface area contributed by atoms with Crippen LogP contribution in [0.15, 0.2) is 23.2 Å². The maximum atomic E-state index is 6.08. The first-order valence-corrected chi connectivity index (χ1v) is 9.86. The predicted molar refractivity (Wildman–Crippen MR) is 123 cm³/mol. The Labute approximate surface area is 181 Å². The lowest BCUT2D eigenvalue weighted by atomic mass is 10.00. The van der Waals surface area contributed by atoms with E-state index in [9.17, 15) is 0 Å². The van der Waals surface area contributed by atoms with Gasteiger partial charge >= 0.3 is 0 Å². The summed E-state index contributed by atoms with van der Waals surface area (Å²) in [5, 5.41) is 3.58. The molecule has 1 aromatic rings. The van der Waals surface area contributed by atoms with Gasteiger partial charge in [0.1, 0.15) is 6.10 Å². The number of hydrogen-bond acceptors (Lipinski definition) is 3. The molecule has 2 aliphatic rings. The number of ether oxygens (including phenoxy) is 1. The van der Waals surface area contributed by atoms with Gasteiger partial charge in [-0.25, -0.2) is 0 Å². The second-order valence-electron chi connectivity index (χ2n) is 7.84. The van der Waals surface area contributed by atoms with Crippen molar-refractivity contribution in [2.75, 3.05) is 40.3 Å². The van der Waals surface area contributed by atoms with E-state index in [0.717, 1.165) is 38.2 Å². The molecule has 2 atom stereocenters. The molecule has 1 aromatic carbocycles. The number of rotatable bonds is 5. The van der Waals surface area contributed by atoms with Gasteiger partial charge in [-0.2, -0.15) is 0 Å². The average Bonchev–Trinajstić information content (AvgIpc) is 3.47. The molecular weight excluding hydrogens is 451 g/mol. The van der Waals surface area contributed by atoms with Crippen LogP contribution >= 0.6 is 24.0 Å². The highest BCUT2D eigenvalue weighted by atomic mass is 127. The molecule has 0 amide bonds. The molecule has 0 bridgehead atoms. The zero-order valence-electron chi connectivity index (χ0n) is 17.4. The van der Waals surface area contributed by atoms with Gasteiger partial charge in [0, 0.05) is 32.2 Å². The van der Waals surface area contributed by atoms with Gasteiger partial charge in [-0.05, 0) is 51.8 Å². The largest absolute Gasteiger partial charge is 0.370 e. The number of aryl methyl sites for hydroxylation is 2. The van der Waals surface area contributed by atoms with Gasteiger partial charge in [0.15, 0.2) is 5.96 Å². The summed E-state index contributed by atoms with van der Waals surface area (Å²) in [6.07, 6.45) is 2.79. The van der Waals surface area contributed by atoms with Crippen molar-refractivity contribution in [3.63, 3.8) is 0 Å². The summed E-state index contributed by atoms with van der Waals surface area (Å²) >= 11 is 0. The number of aliphatic imine (C=N–C) groups is 1. The molecule has 152 valence electrons. The monoisotopic (exact) mass is 486 g/mol. The number of benzene rings is 1. The maximum Gasteiger partial charge on any atom is 0.193 e. The quantitative estimate of drug-likeness (QED) is 0.394. The summed E-state index contributed by atoms with van der Waals surface area (Å²) in [7, 11) is 4.11. The standard InChI is InChI=1S/C21H34N4O.HI/c1-15-6-9-19(16(2)12-15)20-14-25(10-11-26-20)21(22-4)23-13-17(3)24(5)18-7-8-18;/h6,9,12,17-18,20H,7-8,10-11,13-14H2,1-5H3,(H,22,23);1H. The van der Waals surface area contributed by atoms with Gasteiger partial charge in [-0.15, -0.1) is 24.0 Å². The molecule has 2 fully saturated rings. The highest BCUT2D eigenvalue weighted by Gasteiger charge is 2.30. The van der Waals surface area contributed by atoms with Crippen LogP contribution in [0.5, 0.6) is 0 Å². The minimum Gasteiger partial charge on any atom is -0.370 e. The normalized spacial score (nSPS) is 21.8. The summed E-state index contributed by atoms with van der Waals surface area (Å²) in [4.78, 5) is 9.34. The van der Waals surface area contributed by atoms with E-state index in [0.29, 0.717) is 6.04 Å². The maximum absolute atomic E-state index is 6.08. The van der Waals surface area contributed by atoms with Crippen LogP contribution in [0.3, 0.4) is 0 Å². The Morgan fingerprint density at radius 2 is 2.11 bits per heavy atom. The smallest absolute Gasteiger partial charge is 0.193 e. The number of likely N-dealkylation sites (N-methyl/N-ethyl adjacent to an activating group) is 1. The van der Waals surface area contributed by atoms with Crippen LogP contribution in [0.2, 0.25) is 0 Å². The first-order valence-electron chi connectivity index (χ1n) is 9.86. The molecule has 1 aliphatic heterocycles. The van der Waals surface area contributed by atoms with Crippen molar-refractivity contribution in [1.82, 2.24) is 15.1 Å². The number of hydrogen-bond donors (Lipinski definition) is 1. The Hall–Kier alpha value is -0.860. The van der Waals surface area contributed by atoms with Crippen molar-refractivity contribution in [2.24, 2.45) is 4.99 Å². The van der Waals surface area contributed by atoms with E-state index in [1.165, 1.54) is 29.5 Å². The Morgan fingerprint density at radius 1 is 1.37 bits per heavy atom. The van der Waals surface area contributed by atoms with Gasteiger partial charge in [0.05, 0.1) is 13.2 Å². The molecule has 5 nitrogen and oxygen atoms in total. The van der Waals surface area contributed by atoms with E-state index in [1.54, 1.807) is 0 Å². The third kappa shape index (κ3) is 5.81. The lowest BCUT2D eigenvalue weighted by molar-refractivity contribution is -0.00840. The van der Waals surface area contributed by atoms with Gasteiger partial charge in [0.25, 0.3) is 0 Å². The molecule has 2 unspecified atom stereocenters. The van der Waals surface area contributed by atoms with E-state index in [-0.39, 0.29) is 30.1 Å². The molecule has 6 heteroatoms. The van der Waals surface area contributed by atoms with Crippen molar-refractivity contribution in [2.45, 2.75) is 51.8 Å². The summed E-state index contributed by atoms with van der Waals surface area (Å²) < 4.78 is 6.08.